The van der Waals surface area contributed by atoms with E-state index in [4.69, 9.17) is 9.88 Å². The number of nitrogens with two attached hydrogens (primary N) is 1. The zero-order valence-electron chi connectivity index (χ0n) is 13.1. The first-order valence-corrected chi connectivity index (χ1v) is 7.86. The minimum absolute atomic E-state index is 0.0318. The molecular weight excluding hydrogens is 288 g/mol. The highest BCUT2D eigenvalue weighted by Crippen LogP contribution is 2.19. The van der Waals surface area contributed by atoms with Gasteiger partial charge < -0.3 is 9.64 Å². The summed E-state index contributed by atoms with van der Waals surface area (Å²) in [5, 5.41) is 5.21. The van der Waals surface area contributed by atoms with Crippen LogP contribution in [0.25, 0.3) is 0 Å². The summed E-state index contributed by atoms with van der Waals surface area (Å²) in [6.45, 7) is 11.5. The van der Waals surface area contributed by atoms with Gasteiger partial charge in [0.2, 0.25) is 10.0 Å². The summed E-state index contributed by atoms with van der Waals surface area (Å²) in [5.41, 5.74) is 0.587. The molecule has 0 aliphatic heterocycles. The first kappa shape index (κ1) is 19.4. The molecule has 0 spiro atoms. The summed E-state index contributed by atoms with van der Waals surface area (Å²) in [6, 6.07) is 0. The second-order valence-corrected chi connectivity index (χ2v) is 6.31. The Bertz CT molecular complexity index is 582. The lowest BCUT2D eigenvalue weighted by Crippen LogP contribution is -2.19. The first-order chi connectivity index (χ1) is 9.57. The van der Waals surface area contributed by atoms with Gasteiger partial charge in [0.15, 0.2) is 0 Å². The normalized spacial score (nSPS) is 13.8. The van der Waals surface area contributed by atoms with Crippen molar-refractivity contribution < 1.29 is 13.2 Å². The number of nitrogens with zero attached hydrogens (tertiary/aromatic N) is 1. The first-order valence-electron chi connectivity index (χ1n) is 6.31. The molecule has 0 aliphatic carbocycles. The van der Waals surface area contributed by atoms with E-state index in [1.165, 1.54) is 6.08 Å². The van der Waals surface area contributed by atoms with Gasteiger partial charge in [-0.05, 0) is 45.7 Å². The monoisotopic (exact) mass is 312 g/mol. The maximum atomic E-state index is 11.7. The molecule has 0 unspecified atom stereocenters. The number of likely N-dealkylation sites (N-methyl/N-ethyl adjacent to an activating group) is 1. The zero-order valence-corrected chi connectivity index (χ0v) is 13.9. The summed E-state index contributed by atoms with van der Waals surface area (Å²) in [7, 11) is -0.245. The summed E-state index contributed by atoms with van der Waals surface area (Å²) >= 11 is 0. The second kappa shape index (κ2) is 8.61. The number of primary sulfonamides is 1. The largest absolute Gasteiger partial charge is 0.461 e. The van der Waals surface area contributed by atoms with Crippen molar-refractivity contribution in [1.29, 1.82) is 0 Å². The number of hydrogen-bond donors (Lipinski definition) is 1. The van der Waals surface area contributed by atoms with Crippen molar-refractivity contribution in [2.45, 2.75) is 13.8 Å². The summed E-state index contributed by atoms with van der Waals surface area (Å²) in [5.74, 6) is 0.474. The molecule has 0 saturated heterocycles. The standard InChI is InChI=1S/C15H24N2O3S/c1-7-8-9-13(3)20-14(4)15(21(16,18)19)10-12(2)11-17(5)6/h7-10H,2,4,11H2,1,3,5-6H3,(H2,16,18,19). The Kier molecular flexibility index (Phi) is 7.94. The third-order valence-corrected chi connectivity index (χ3v) is 3.20. The minimum Gasteiger partial charge on any atom is -0.461 e. The van der Waals surface area contributed by atoms with Gasteiger partial charge in [-0.25, -0.2) is 13.6 Å². The van der Waals surface area contributed by atoms with Crippen molar-refractivity contribution in [2.75, 3.05) is 20.6 Å². The van der Waals surface area contributed by atoms with E-state index >= 15 is 0 Å². The SMILES string of the molecule is C=C(C=C(C(=C)OC(C)=CC=CC)S(N)(=O)=O)CN(C)C. The van der Waals surface area contributed by atoms with Crippen LogP contribution in [0.15, 0.2) is 59.5 Å². The molecule has 2 N–H and O–H groups in total. The van der Waals surface area contributed by atoms with Gasteiger partial charge in [-0.15, -0.1) is 0 Å². The van der Waals surface area contributed by atoms with Crippen LogP contribution in [0.2, 0.25) is 0 Å². The van der Waals surface area contributed by atoms with E-state index in [-0.39, 0.29) is 10.7 Å². The van der Waals surface area contributed by atoms with Gasteiger partial charge in [-0.2, -0.15) is 0 Å². The van der Waals surface area contributed by atoms with E-state index in [1.807, 2.05) is 32.0 Å². The second-order valence-electron chi connectivity index (χ2n) is 4.78. The summed E-state index contributed by atoms with van der Waals surface area (Å²) in [4.78, 5) is 1.68. The molecule has 0 aromatic heterocycles. The lowest BCUT2D eigenvalue weighted by Gasteiger charge is -2.13. The van der Waals surface area contributed by atoms with Crippen molar-refractivity contribution >= 4 is 10.0 Å². The number of allylic oxidation sites excluding steroid dienone is 4. The molecule has 21 heavy (non-hydrogen) atoms. The number of hydrogen-bond acceptors (Lipinski definition) is 4. The smallest absolute Gasteiger partial charge is 0.241 e. The summed E-state index contributed by atoms with van der Waals surface area (Å²) in [6.07, 6.45) is 6.67. The maximum absolute atomic E-state index is 11.7. The van der Waals surface area contributed by atoms with E-state index in [0.717, 1.165) is 0 Å². The Hall–Kier alpha value is -1.63. The highest BCUT2D eigenvalue weighted by atomic mass is 32.2. The molecule has 0 heterocycles. The topological polar surface area (TPSA) is 72.6 Å². The Morgan fingerprint density at radius 2 is 1.90 bits per heavy atom. The van der Waals surface area contributed by atoms with Gasteiger partial charge in [0, 0.05) is 6.54 Å². The Morgan fingerprint density at radius 1 is 1.33 bits per heavy atom. The van der Waals surface area contributed by atoms with Gasteiger partial charge >= 0.3 is 0 Å². The Morgan fingerprint density at radius 3 is 2.33 bits per heavy atom. The lowest BCUT2D eigenvalue weighted by molar-refractivity contribution is 0.321. The van der Waals surface area contributed by atoms with Crippen LogP contribution < -0.4 is 5.14 Å². The van der Waals surface area contributed by atoms with Gasteiger partial charge in [0.1, 0.15) is 16.4 Å². The van der Waals surface area contributed by atoms with Crippen LogP contribution in [0.4, 0.5) is 0 Å². The zero-order chi connectivity index (χ0) is 16.6. The fourth-order valence-corrected chi connectivity index (χ4v) is 2.16. The predicted molar refractivity (Wildman–Crippen MR) is 87.7 cm³/mol. The van der Waals surface area contributed by atoms with Crippen LogP contribution in [0, 0.1) is 0 Å². The fraction of sp³-hybridized carbons (Fsp3) is 0.333. The third-order valence-electron chi connectivity index (χ3n) is 2.24. The molecule has 0 rings (SSSR count). The molecule has 0 aromatic carbocycles. The molecule has 118 valence electrons. The van der Waals surface area contributed by atoms with Crippen molar-refractivity contribution in [3.8, 4) is 0 Å². The average molecular weight is 312 g/mol. The number of rotatable bonds is 8. The fourth-order valence-electron chi connectivity index (χ4n) is 1.47. The van der Waals surface area contributed by atoms with Crippen LogP contribution in [0.5, 0.6) is 0 Å². The van der Waals surface area contributed by atoms with Crippen molar-refractivity contribution in [3.63, 3.8) is 0 Å². The lowest BCUT2D eigenvalue weighted by atomic mass is 10.2. The predicted octanol–water partition coefficient (Wildman–Crippen LogP) is 2.29. The molecule has 0 atom stereocenters. The van der Waals surface area contributed by atoms with Crippen molar-refractivity contribution in [3.05, 3.63) is 59.5 Å². The van der Waals surface area contributed by atoms with Gasteiger partial charge in [-0.1, -0.05) is 25.3 Å². The molecule has 0 aliphatic rings. The van der Waals surface area contributed by atoms with Gasteiger partial charge in [-0.3, -0.25) is 0 Å². The van der Waals surface area contributed by atoms with Crippen molar-refractivity contribution in [2.24, 2.45) is 5.14 Å². The molecule has 6 heteroatoms. The highest BCUT2D eigenvalue weighted by Gasteiger charge is 2.18. The van der Waals surface area contributed by atoms with Crippen LogP contribution in [-0.4, -0.2) is 34.0 Å². The van der Waals surface area contributed by atoms with Crippen LogP contribution >= 0.6 is 0 Å². The Balaban J connectivity index is 5.32. The molecular formula is C15H24N2O3S. The van der Waals surface area contributed by atoms with Crippen LogP contribution in [0.3, 0.4) is 0 Å². The summed E-state index contributed by atoms with van der Waals surface area (Å²) < 4.78 is 28.7. The molecule has 0 fully saturated rings. The van der Waals surface area contributed by atoms with E-state index in [2.05, 4.69) is 13.2 Å². The van der Waals surface area contributed by atoms with E-state index in [9.17, 15) is 8.42 Å². The molecule has 0 aromatic rings. The van der Waals surface area contributed by atoms with E-state index in [1.54, 1.807) is 19.1 Å². The molecule has 0 saturated carbocycles. The Labute approximate surface area is 127 Å². The average Bonchev–Trinajstić information content (AvgIpc) is 2.30. The number of sulfonamides is 1. The minimum atomic E-state index is -3.95. The third kappa shape index (κ3) is 8.29. The molecule has 5 nitrogen and oxygen atoms in total. The highest BCUT2D eigenvalue weighted by molar-refractivity contribution is 7.93. The molecule has 0 radical (unpaired) electrons. The quantitative estimate of drug-likeness (QED) is 0.551. The molecule has 0 amide bonds. The number of ether oxygens (including phenoxy) is 1. The van der Waals surface area contributed by atoms with Gasteiger partial charge in [0.25, 0.3) is 0 Å². The van der Waals surface area contributed by atoms with Crippen molar-refractivity contribution in [1.82, 2.24) is 4.90 Å². The van der Waals surface area contributed by atoms with E-state index < -0.39 is 10.0 Å². The van der Waals surface area contributed by atoms with E-state index in [0.29, 0.717) is 17.9 Å². The molecule has 0 bridgehead atoms. The van der Waals surface area contributed by atoms with Crippen LogP contribution in [-0.2, 0) is 14.8 Å². The van der Waals surface area contributed by atoms with Gasteiger partial charge in [0.05, 0.1) is 0 Å². The maximum Gasteiger partial charge on any atom is 0.241 e. The van der Waals surface area contributed by atoms with Crippen LogP contribution in [0.1, 0.15) is 13.8 Å².